The summed E-state index contributed by atoms with van der Waals surface area (Å²) in [5.74, 6) is 0.532. The SMILES string of the molecule is COc1ccc(OC(F)F)c(NC(=O)[C@H](N)CCSC)c1. The maximum Gasteiger partial charge on any atom is 0.387 e. The van der Waals surface area contributed by atoms with Crippen LogP contribution in [0, 0.1) is 0 Å². The van der Waals surface area contributed by atoms with Crippen LogP contribution >= 0.6 is 11.8 Å². The summed E-state index contributed by atoms with van der Waals surface area (Å²) in [4.78, 5) is 11.9. The number of thioether (sulfide) groups is 1. The van der Waals surface area contributed by atoms with E-state index in [1.165, 1.54) is 25.3 Å². The smallest absolute Gasteiger partial charge is 0.387 e. The molecule has 0 heterocycles. The van der Waals surface area contributed by atoms with Crippen molar-refractivity contribution >= 4 is 23.4 Å². The molecule has 1 amide bonds. The molecule has 0 saturated carbocycles. The second-order valence-electron chi connectivity index (χ2n) is 4.12. The van der Waals surface area contributed by atoms with Crippen molar-refractivity contribution in [3.8, 4) is 11.5 Å². The Morgan fingerprint density at radius 1 is 1.48 bits per heavy atom. The van der Waals surface area contributed by atoms with Gasteiger partial charge in [-0.25, -0.2) is 0 Å². The zero-order valence-corrected chi connectivity index (χ0v) is 12.6. The lowest BCUT2D eigenvalue weighted by atomic mass is 10.2. The van der Waals surface area contributed by atoms with E-state index >= 15 is 0 Å². The van der Waals surface area contributed by atoms with Gasteiger partial charge in [-0.15, -0.1) is 0 Å². The van der Waals surface area contributed by atoms with Gasteiger partial charge in [-0.3, -0.25) is 4.79 Å². The number of alkyl halides is 2. The molecular weight excluding hydrogens is 302 g/mol. The van der Waals surface area contributed by atoms with Crippen molar-refractivity contribution in [3.05, 3.63) is 18.2 Å². The van der Waals surface area contributed by atoms with E-state index in [0.29, 0.717) is 12.2 Å². The molecule has 0 saturated heterocycles. The fourth-order valence-electron chi connectivity index (χ4n) is 1.53. The Balaban J connectivity index is 2.85. The maximum atomic E-state index is 12.4. The van der Waals surface area contributed by atoms with Gasteiger partial charge < -0.3 is 20.5 Å². The summed E-state index contributed by atoms with van der Waals surface area (Å²) in [5, 5.41) is 2.49. The maximum absolute atomic E-state index is 12.4. The Labute approximate surface area is 126 Å². The number of methoxy groups -OCH3 is 1. The zero-order chi connectivity index (χ0) is 15.8. The highest BCUT2D eigenvalue weighted by atomic mass is 32.2. The molecule has 5 nitrogen and oxygen atoms in total. The number of benzene rings is 1. The van der Waals surface area contributed by atoms with Gasteiger partial charge in [0.05, 0.1) is 18.8 Å². The minimum absolute atomic E-state index is 0.0965. The topological polar surface area (TPSA) is 73.6 Å². The number of hydrogen-bond acceptors (Lipinski definition) is 5. The third kappa shape index (κ3) is 5.76. The van der Waals surface area contributed by atoms with E-state index in [9.17, 15) is 13.6 Å². The van der Waals surface area contributed by atoms with Crippen molar-refractivity contribution in [3.63, 3.8) is 0 Å². The zero-order valence-electron chi connectivity index (χ0n) is 11.8. The summed E-state index contributed by atoms with van der Waals surface area (Å²) >= 11 is 1.57. The number of ether oxygens (including phenoxy) is 2. The average molecular weight is 320 g/mol. The summed E-state index contributed by atoms with van der Waals surface area (Å²) < 4.78 is 34.1. The Bertz CT molecular complexity index is 475. The molecule has 1 rings (SSSR count). The minimum atomic E-state index is -2.99. The van der Waals surface area contributed by atoms with Gasteiger partial charge >= 0.3 is 6.61 Å². The minimum Gasteiger partial charge on any atom is -0.497 e. The number of carbonyl (C=O) groups excluding carboxylic acids is 1. The third-order valence-corrected chi connectivity index (χ3v) is 3.27. The molecule has 0 aromatic heterocycles. The molecule has 118 valence electrons. The van der Waals surface area contributed by atoms with E-state index in [-0.39, 0.29) is 11.4 Å². The van der Waals surface area contributed by atoms with Crippen LogP contribution in [-0.2, 0) is 4.79 Å². The van der Waals surface area contributed by atoms with Gasteiger partial charge in [0.15, 0.2) is 0 Å². The second kappa shape index (κ2) is 8.68. The summed E-state index contributed by atoms with van der Waals surface area (Å²) in [5.41, 5.74) is 5.82. The third-order valence-electron chi connectivity index (χ3n) is 2.63. The molecular formula is C13H18F2N2O3S. The molecule has 3 N–H and O–H groups in total. The number of hydrogen-bond donors (Lipinski definition) is 2. The first-order valence-electron chi connectivity index (χ1n) is 6.16. The molecule has 0 spiro atoms. The summed E-state index contributed by atoms with van der Waals surface area (Å²) in [7, 11) is 1.43. The number of halogens is 2. The normalized spacial score (nSPS) is 12.1. The van der Waals surface area contributed by atoms with E-state index < -0.39 is 18.6 Å². The van der Waals surface area contributed by atoms with E-state index in [0.717, 1.165) is 5.75 Å². The van der Waals surface area contributed by atoms with Crippen molar-refractivity contribution < 1.29 is 23.0 Å². The predicted molar refractivity (Wildman–Crippen MR) is 79.2 cm³/mol. The largest absolute Gasteiger partial charge is 0.497 e. The molecule has 0 bridgehead atoms. The molecule has 8 heteroatoms. The number of rotatable bonds is 8. The van der Waals surface area contributed by atoms with Crippen molar-refractivity contribution in [1.29, 1.82) is 0 Å². The van der Waals surface area contributed by atoms with Crippen LogP contribution in [-0.4, -0.2) is 37.7 Å². The molecule has 1 aromatic carbocycles. The van der Waals surface area contributed by atoms with Crippen molar-refractivity contribution in [2.75, 3.05) is 24.4 Å². The lowest BCUT2D eigenvalue weighted by Crippen LogP contribution is -2.36. The van der Waals surface area contributed by atoms with Crippen molar-refractivity contribution in [2.24, 2.45) is 5.73 Å². The Hall–Kier alpha value is -1.54. The number of nitrogens with two attached hydrogens (primary N) is 1. The first kappa shape index (κ1) is 17.5. The first-order valence-corrected chi connectivity index (χ1v) is 7.55. The van der Waals surface area contributed by atoms with Gasteiger partial charge in [0, 0.05) is 6.07 Å². The van der Waals surface area contributed by atoms with Gasteiger partial charge in [-0.1, -0.05) is 0 Å². The Morgan fingerprint density at radius 3 is 2.76 bits per heavy atom. The predicted octanol–water partition coefficient (Wildman–Crippen LogP) is 2.32. The van der Waals surface area contributed by atoms with Crippen molar-refractivity contribution in [1.82, 2.24) is 0 Å². The van der Waals surface area contributed by atoms with Gasteiger partial charge in [-0.05, 0) is 30.6 Å². The van der Waals surface area contributed by atoms with Crippen LogP contribution in [0.1, 0.15) is 6.42 Å². The highest BCUT2D eigenvalue weighted by Gasteiger charge is 2.17. The van der Waals surface area contributed by atoms with Crippen LogP contribution in [0.4, 0.5) is 14.5 Å². The summed E-state index contributed by atoms with van der Waals surface area (Å²) in [6.07, 6.45) is 2.39. The summed E-state index contributed by atoms with van der Waals surface area (Å²) in [6.45, 7) is -2.99. The summed E-state index contributed by atoms with van der Waals surface area (Å²) in [6, 6.07) is 3.44. The Morgan fingerprint density at radius 2 is 2.19 bits per heavy atom. The van der Waals surface area contributed by atoms with E-state index in [1.807, 2.05) is 6.26 Å². The first-order chi connectivity index (χ1) is 9.97. The fourth-order valence-corrected chi connectivity index (χ4v) is 2.02. The molecule has 1 aromatic rings. The number of anilines is 1. The van der Waals surface area contributed by atoms with E-state index in [1.54, 1.807) is 11.8 Å². The van der Waals surface area contributed by atoms with Crippen LogP contribution in [0.5, 0.6) is 11.5 Å². The highest BCUT2D eigenvalue weighted by molar-refractivity contribution is 7.98. The lowest BCUT2D eigenvalue weighted by molar-refractivity contribution is -0.117. The van der Waals surface area contributed by atoms with Crippen LogP contribution in [0.3, 0.4) is 0 Å². The Kier molecular flexibility index (Phi) is 7.24. The molecule has 0 aliphatic carbocycles. The molecule has 21 heavy (non-hydrogen) atoms. The lowest BCUT2D eigenvalue weighted by Gasteiger charge is -2.15. The van der Waals surface area contributed by atoms with Gasteiger partial charge in [0.25, 0.3) is 0 Å². The second-order valence-corrected chi connectivity index (χ2v) is 5.10. The fraction of sp³-hybridized carbons (Fsp3) is 0.462. The standard InChI is InChI=1S/C13H18F2N2O3S/c1-19-8-3-4-11(20-13(14)15)10(7-8)17-12(18)9(16)5-6-21-2/h3-4,7,9,13H,5-6,16H2,1-2H3,(H,17,18)/t9-/m1/s1. The molecule has 0 aliphatic heterocycles. The highest BCUT2D eigenvalue weighted by Crippen LogP contribution is 2.30. The molecule has 0 unspecified atom stereocenters. The molecule has 0 fully saturated rings. The molecule has 0 radical (unpaired) electrons. The van der Waals surface area contributed by atoms with Crippen LogP contribution in [0.2, 0.25) is 0 Å². The number of amides is 1. The number of carbonyl (C=O) groups is 1. The molecule has 0 aliphatic rings. The quantitative estimate of drug-likeness (QED) is 0.769. The van der Waals surface area contributed by atoms with Crippen LogP contribution in [0.25, 0.3) is 0 Å². The monoisotopic (exact) mass is 320 g/mol. The molecule has 1 atom stereocenters. The van der Waals surface area contributed by atoms with Crippen LogP contribution in [0.15, 0.2) is 18.2 Å². The average Bonchev–Trinajstić information content (AvgIpc) is 2.45. The number of nitrogens with one attached hydrogen (secondary N) is 1. The van der Waals surface area contributed by atoms with Gasteiger partial charge in [0.1, 0.15) is 11.5 Å². The van der Waals surface area contributed by atoms with Gasteiger partial charge in [-0.2, -0.15) is 20.5 Å². The van der Waals surface area contributed by atoms with Gasteiger partial charge in [0.2, 0.25) is 5.91 Å². The van der Waals surface area contributed by atoms with Crippen LogP contribution < -0.4 is 20.5 Å². The van der Waals surface area contributed by atoms with E-state index in [4.69, 9.17) is 10.5 Å². The van der Waals surface area contributed by atoms with E-state index in [2.05, 4.69) is 10.1 Å². The van der Waals surface area contributed by atoms with Crippen molar-refractivity contribution in [2.45, 2.75) is 19.1 Å².